The van der Waals surface area contributed by atoms with Crippen LogP contribution in [0.3, 0.4) is 0 Å². The van der Waals surface area contributed by atoms with Gasteiger partial charge in [-0.2, -0.15) is 0 Å². The predicted octanol–water partition coefficient (Wildman–Crippen LogP) is 4.49. The summed E-state index contributed by atoms with van der Waals surface area (Å²) in [5.74, 6) is 1.38. The number of thiophene rings is 1. The molecule has 1 spiro atoms. The highest BCUT2D eigenvalue weighted by atomic mass is 32.1. The number of methoxy groups -OCH3 is 1. The monoisotopic (exact) mass is 318 g/mol. The molecule has 2 aliphatic carbocycles. The van der Waals surface area contributed by atoms with E-state index in [0.717, 1.165) is 44.3 Å². The van der Waals surface area contributed by atoms with E-state index in [9.17, 15) is 4.79 Å². The van der Waals surface area contributed by atoms with E-state index in [-0.39, 0.29) is 12.1 Å². The van der Waals surface area contributed by atoms with Gasteiger partial charge in [0.1, 0.15) is 11.5 Å². The maximum atomic E-state index is 13.0. The third-order valence-corrected chi connectivity index (χ3v) is 6.66. The summed E-state index contributed by atoms with van der Waals surface area (Å²) in [6, 6.07) is 2.16. The molecule has 0 saturated carbocycles. The standard InChI is InChI=1S/C18H22O3S/c1-3-4-5-12-14(20-2)7-6-11-10-15-16-13(8-9-22-16)18(11,12)17(19)21-15/h8-9,11,15H,3-7,10H2,1-2H3/t11-,15-,18-/m1/s1. The van der Waals surface area contributed by atoms with Crippen molar-refractivity contribution in [3.63, 3.8) is 0 Å². The van der Waals surface area contributed by atoms with Crippen molar-refractivity contribution in [2.75, 3.05) is 7.11 Å². The Morgan fingerprint density at radius 2 is 2.36 bits per heavy atom. The molecule has 3 nitrogen and oxygen atoms in total. The summed E-state index contributed by atoms with van der Waals surface area (Å²) in [5, 5.41) is 2.11. The van der Waals surface area contributed by atoms with Crippen molar-refractivity contribution in [1.82, 2.24) is 0 Å². The van der Waals surface area contributed by atoms with Crippen LogP contribution in [0.5, 0.6) is 0 Å². The van der Waals surface area contributed by atoms with Gasteiger partial charge in [0.05, 0.1) is 12.9 Å². The number of hydrogen-bond acceptors (Lipinski definition) is 4. The summed E-state index contributed by atoms with van der Waals surface area (Å²) in [6.45, 7) is 2.19. The fraction of sp³-hybridized carbons (Fsp3) is 0.611. The molecule has 0 aromatic carbocycles. The summed E-state index contributed by atoms with van der Waals surface area (Å²) < 4.78 is 11.5. The van der Waals surface area contributed by atoms with Gasteiger partial charge in [-0.05, 0) is 54.2 Å². The average molecular weight is 318 g/mol. The molecule has 0 radical (unpaired) electrons. The first-order valence-corrected chi connectivity index (χ1v) is 9.16. The van der Waals surface area contributed by atoms with Crippen LogP contribution in [-0.4, -0.2) is 13.1 Å². The molecule has 118 valence electrons. The minimum absolute atomic E-state index is 0.00843. The van der Waals surface area contributed by atoms with Gasteiger partial charge in [0.25, 0.3) is 0 Å². The number of carbonyl (C=O) groups excluding carboxylic acids is 1. The van der Waals surface area contributed by atoms with Crippen LogP contribution < -0.4 is 0 Å². The van der Waals surface area contributed by atoms with Crippen LogP contribution in [0.15, 0.2) is 22.8 Å². The number of esters is 1. The second-order valence-corrected chi connectivity index (χ2v) is 7.53. The second kappa shape index (κ2) is 5.12. The largest absolute Gasteiger partial charge is 0.501 e. The number of allylic oxidation sites excluding steroid dienone is 1. The van der Waals surface area contributed by atoms with Crippen molar-refractivity contribution in [2.45, 2.75) is 57.0 Å². The normalized spacial score (nSPS) is 32.5. The number of fused-ring (bicyclic) bond motifs is 1. The van der Waals surface area contributed by atoms with Crippen LogP contribution >= 0.6 is 11.3 Å². The molecular formula is C18H22O3S. The van der Waals surface area contributed by atoms with Crippen LogP contribution in [-0.2, 0) is 19.7 Å². The molecule has 1 fully saturated rings. The third kappa shape index (κ3) is 1.65. The fourth-order valence-corrected chi connectivity index (χ4v) is 5.72. The molecular weight excluding hydrogens is 296 g/mol. The van der Waals surface area contributed by atoms with Crippen LogP contribution in [0, 0.1) is 5.92 Å². The molecule has 0 N–H and O–H groups in total. The Morgan fingerprint density at radius 3 is 3.14 bits per heavy atom. The van der Waals surface area contributed by atoms with Gasteiger partial charge in [0, 0.05) is 11.3 Å². The van der Waals surface area contributed by atoms with E-state index in [0.29, 0.717) is 5.92 Å². The molecule has 2 aliphatic heterocycles. The number of ether oxygens (including phenoxy) is 2. The van der Waals surface area contributed by atoms with E-state index in [4.69, 9.17) is 9.47 Å². The Bertz CT molecular complexity index is 645. The van der Waals surface area contributed by atoms with E-state index in [2.05, 4.69) is 18.4 Å². The van der Waals surface area contributed by atoms with Gasteiger partial charge in [0.15, 0.2) is 0 Å². The number of rotatable bonds is 4. The highest BCUT2D eigenvalue weighted by Crippen LogP contribution is 2.62. The van der Waals surface area contributed by atoms with E-state index >= 15 is 0 Å². The Labute approximate surface area is 135 Å². The maximum absolute atomic E-state index is 13.0. The molecule has 3 atom stereocenters. The topological polar surface area (TPSA) is 35.5 Å². The number of hydrogen-bond donors (Lipinski definition) is 0. The molecule has 2 bridgehead atoms. The summed E-state index contributed by atoms with van der Waals surface area (Å²) in [6.07, 6.45) is 6.10. The smallest absolute Gasteiger partial charge is 0.321 e. The maximum Gasteiger partial charge on any atom is 0.321 e. The third-order valence-electron chi connectivity index (χ3n) is 5.65. The lowest BCUT2D eigenvalue weighted by Gasteiger charge is -2.53. The number of carbonyl (C=O) groups is 1. The van der Waals surface area contributed by atoms with Crippen molar-refractivity contribution >= 4 is 17.3 Å². The first-order chi connectivity index (χ1) is 10.7. The van der Waals surface area contributed by atoms with Gasteiger partial charge in [-0.1, -0.05) is 13.3 Å². The van der Waals surface area contributed by atoms with Gasteiger partial charge in [-0.25, -0.2) is 0 Å². The summed E-state index contributed by atoms with van der Waals surface area (Å²) in [7, 11) is 1.74. The fourth-order valence-electron chi connectivity index (χ4n) is 4.72. The molecule has 5 rings (SSSR count). The van der Waals surface area contributed by atoms with Crippen molar-refractivity contribution in [3.8, 4) is 0 Å². The zero-order chi connectivity index (χ0) is 15.3. The molecule has 0 amide bonds. The molecule has 0 unspecified atom stereocenters. The summed E-state index contributed by atoms with van der Waals surface area (Å²) >= 11 is 1.74. The Hall–Kier alpha value is -1.29. The zero-order valence-electron chi connectivity index (χ0n) is 13.2. The lowest BCUT2D eigenvalue weighted by atomic mass is 9.54. The minimum atomic E-state index is -0.553. The predicted molar refractivity (Wildman–Crippen MR) is 85.7 cm³/mol. The van der Waals surface area contributed by atoms with Gasteiger partial charge in [0.2, 0.25) is 0 Å². The highest BCUT2D eigenvalue weighted by molar-refractivity contribution is 7.10. The minimum Gasteiger partial charge on any atom is -0.501 e. The quantitative estimate of drug-likeness (QED) is 0.767. The first-order valence-electron chi connectivity index (χ1n) is 8.28. The van der Waals surface area contributed by atoms with E-state index < -0.39 is 5.41 Å². The van der Waals surface area contributed by atoms with Crippen LogP contribution in [0.1, 0.15) is 62.0 Å². The molecule has 22 heavy (non-hydrogen) atoms. The van der Waals surface area contributed by atoms with Crippen molar-refractivity contribution < 1.29 is 14.3 Å². The van der Waals surface area contributed by atoms with Gasteiger partial charge >= 0.3 is 5.97 Å². The second-order valence-electron chi connectivity index (χ2n) is 6.58. The highest BCUT2D eigenvalue weighted by Gasteiger charge is 2.62. The Kier molecular flexibility index (Phi) is 3.33. The van der Waals surface area contributed by atoms with Crippen LogP contribution in [0.2, 0.25) is 0 Å². The molecule has 1 aromatic rings. The van der Waals surface area contributed by atoms with Crippen molar-refractivity contribution in [1.29, 1.82) is 0 Å². The van der Waals surface area contributed by atoms with E-state index in [1.54, 1.807) is 18.4 Å². The van der Waals surface area contributed by atoms with Gasteiger partial charge in [-0.15, -0.1) is 11.3 Å². The Morgan fingerprint density at radius 1 is 1.50 bits per heavy atom. The molecule has 1 saturated heterocycles. The summed E-state index contributed by atoms with van der Waals surface area (Å²) in [4.78, 5) is 14.3. The number of unbranched alkanes of at least 4 members (excludes halogenated alkanes) is 1. The lowest BCUT2D eigenvalue weighted by Crippen LogP contribution is -2.56. The van der Waals surface area contributed by atoms with E-state index in [1.807, 2.05) is 0 Å². The molecule has 3 heterocycles. The van der Waals surface area contributed by atoms with Crippen LogP contribution in [0.4, 0.5) is 0 Å². The van der Waals surface area contributed by atoms with Crippen molar-refractivity contribution in [2.24, 2.45) is 5.92 Å². The van der Waals surface area contributed by atoms with Gasteiger partial charge in [-0.3, -0.25) is 4.79 Å². The first kappa shape index (κ1) is 14.3. The lowest BCUT2D eigenvalue weighted by molar-refractivity contribution is -0.171. The zero-order valence-corrected chi connectivity index (χ0v) is 14.0. The molecule has 4 heteroatoms. The Balaban J connectivity index is 1.94. The van der Waals surface area contributed by atoms with Gasteiger partial charge < -0.3 is 9.47 Å². The van der Waals surface area contributed by atoms with E-state index in [1.165, 1.54) is 16.0 Å². The van der Waals surface area contributed by atoms with Crippen molar-refractivity contribution in [3.05, 3.63) is 33.2 Å². The molecule has 1 aromatic heterocycles. The average Bonchev–Trinajstić information content (AvgIpc) is 3.03. The molecule has 4 aliphatic rings. The van der Waals surface area contributed by atoms with Crippen LogP contribution in [0.25, 0.3) is 0 Å². The summed E-state index contributed by atoms with van der Waals surface area (Å²) in [5.41, 5.74) is 1.87. The SMILES string of the molecule is CCCCC1=C(OC)CC[C@@H]2C[C@H]3OC(=O)[C@@]12c1ccsc13.